The van der Waals surface area contributed by atoms with Crippen LogP contribution in [0.15, 0.2) is 42.5 Å². The van der Waals surface area contributed by atoms with Crippen molar-refractivity contribution in [2.24, 2.45) is 0 Å². The van der Waals surface area contributed by atoms with Gasteiger partial charge in [-0.05, 0) is 36.2 Å². The van der Waals surface area contributed by atoms with Crippen LogP contribution < -0.4 is 10.1 Å². The van der Waals surface area contributed by atoms with E-state index in [2.05, 4.69) is 15.0 Å². The van der Waals surface area contributed by atoms with Crippen LogP contribution in [-0.4, -0.2) is 42.5 Å². The monoisotopic (exact) mass is 438 g/mol. The lowest BCUT2D eigenvalue weighted by atomic mass is 9.94. The number of alkyl halides is 3. The first kappa shape index (κ1) is 24.4. The molecule has 0 spiro atoms. The van der Waals surface area contributed by atoms with Gasteiger partial charge in [-0.25, -0.2) is 0 Å². The summed E-state index contributed by atoms with van der Waals surface area (Å²) >= 11 is 0. The van der Waals surface area contributed by atoms with Gasteiger partial charge in [0.1, 0.15) is 11.5 Å². The minimum atomic E-state index is -4.71. The third-order valence-electron chi connectivity index (χ3n) is 4.43. The molecule has 2 aromatic rings. The molecule has 2 N–H and O–H groups in total. The number of hydrogen-bond acceptors (Lipinski definition) is 4. The molecular formula is C19H23Cl2F3N2O2. The van der Waals surface area contributed by atoms with Crippen molar-refractivity contribution in [3.8, 4) is 11.5 Å². The number of nitrogens with one attached hydrogen (secondary N) is 1. The second-order valence-electron chi connectivity index (χ2n) is 6.37. The summed E-state index contributed by atoms with van der Waals surface area (Å²) in [7, 11) is 0. The maximum atomic E-state index is 12.4. The van der Waals surface area contributed by atoms with E-state index in [0.29, 0.717) is 0 Å². The van der Waals surface area contributed by atoms with Crippen molar-refractivity contribution < 1.29 is 23.0 Å². The van der Waals surface area contributed by atoms with Crippen LogP contribution >= 0.6 is 24.8 Å². The predicted octanol–water partition coefficient (Wildman–Crippen LogP) is 4.44. The normalized spacial score (nSPS) is 15.9. The number of rotatable bonds is 4. The number of phenols is 1. The standard InChI is InChI=1S/C19H21F3N2O2.2ClH/c1-13-2-7-16(17(25)12-13)18(24-10-8-23-9-11-24)14-3-5-15(6-4-14)26-19(20,21)22;;/h2-7,12,18,23,25H,8-11H2,1H3;2*1H/t18-;;/m1../s1. The first-order valence-corrected chi connectivity index (χ1v) is 8.43. The highest BCUT2D eigenvalue weighted by molar-refractivity contribution is 5.85. The summed E-state index contributed by atoms with van der Waals surface area (Å²) in [4.78, 5) is 2.21. The lowest BCUT2D eigenvalue weighted by Gasteiger charge is -2.36. The Morgan fingerprint density at radius 3 is 2.18 bits per heavy atom. The molecule has 0 bridgehead atoms. The van der Waals surface area contributed by atoms with Gasteiger partial charge < -0.3 is 15.2 Å². The van der Waals surface area contributed by atoms with Gasteiger partial charge in [-0.2, -0.15) is 0 Å². The molecule has 1 fully saturated rings. The van der Waals surface area contributed by atoms with Gasteiger partial charge in [-0.15, -0.1) is 38.0 Å². The maximum absolute atomic E-state index is 12.4. The fourth-order valence-electron chi connectivity index (χ4n) is 3.26. The number of halogens is 5. The zero-order valence-corrected chi connectivity index (χ0v) is 16.8. The third kappa shape index (κ3) is 6.17. The Labute approximate surface area is 174 Å². The van der Waals surface area contributed by atoms with Gasteiger partial charge in [0.25, 0.3) is 0 Å². The lowest BCUT2D eigenvalue weighted by molar-refractivity contribution is -0.274. The lowest BCUT2D eigenvalue weighted by Crippen LogP contribution is -2.45. The molecular weight excluding hydrogens is 416 g/mol. The molecule has 1 saturated heterocycles. The van der Waals surface area contributed by atoms with Crippen LogP contribution in [0.5, 0.6) is 11.5 Å². The van der Waals surface area contributed by atoms with Crippen LogP contribution in [-0.2, 0) is 0 Å². The van der Waals surface area contributed by atoms with Gasteiger partial charge in [0, 0.05) is 31.7 Å². The Morgan fingerprint density at radius 2 is 1.64 bits per heavy atom. The fraction of sp³-hybridized carbons (Fsp3) is 0.368. The second kappa shape index (κ2) is 10.2. The van der Waals surface area contributed by atoms with Gasteiger partial charge in [0.05, 0.1) is 6.04 Å². The van der Waals surface area contributed by atoms with Gasteiger partial charge in [0.2, 0.25) is 0 Å². The largest absolute Gasteiger partial charge is 0.573 e. The number of aromatic hydroxyl groups is 1. The topological polar surface area (TPSA) is 44.7 Å². The number of benzene rings is 2. The summed E-state index contributed by atoms with van der Waals surface area (Å²) in [6.07, 6.45) is -4.71. The average Bonchev–Trinajstić information content (AvgIpc) is 2.58. The van der Waals surface area contributed by atoms with Crippen LogP contribution in [0, 0.1) is 6.92 Å². The van der Waals surface area contributed by atoms with Crippen molar-refractivity contribution in [3.05, 3.63) is 59.2 Å². The van der Waals surface area contributed by atoms with Crippen molar-refractivity contribution in [2.45, 2.75) is 19.3 Å². The molecule has 1 atom stereocenters. The molecule has 0 amide bonds. The van der Waals surface area contributed by atoms with Crippen molar-refractivity contribution in [1.29, 1.82) is 0 Å². The van der Waals surface area contributed by atoms with E-state index in [0.717, 1.165) is 42.9 Å². The average molecular weight is 439 g/mol. The number of piperazine rings is 1. The Bertz CT molecular complexity index is 752. The Hall–Kier alpha value is -1.67. The van der Waals surface area contributed by atoms with E-state index in [-0.39, 0.29) is 42.4 Å². The highest BCUT2D eigenvalue weighted by Gasteiger charge is 2.31. The maximum Gasteiger partial charge on any atom is 0.573 e. The number of phenolic OH excluding ortho intramolecular Hbond substituents is 1. The quantitative estimate of drug-likeness (QED) is 0.740. The molecule has 4 nitrogen and oxygen atoms in total. The Balaban J connectivity index is 0.00000196. The molecule has 1 heterocycles. The zero-order valence-electron chi connectivity index (χ0n) is 15.2. The number of nitrogens with zero attached hydrogens (tertiary/aromatic N) is 1. The highest BCUT2D eigenvalue weighted by atomic mass is 35.5. The molecule has 2 aromatic carbocycles. The minimum Gasteiger partial charge on any atom is -0.508 e. The van der Waals surface area contributed by atoms with E-state index in [1.54, 1.807) is 18.2 Å². The Morgan fingerprint density at radius 1 is 1.04 bits per heavy atom. The molecule has 0 unspecified atom stereocenters. The predicted molar refractivity (Wildman–Crippen MR) is 107 cm³/mol. The van der Waals surface area contributed by atoms with E-state index in [9.17, 15) is 18.3 Å². The summed E-state index contributed by atoms with van der Waals surface area (Å²) in [5.74, 6) is -0.0717. The molecule has 0 aromatic heterocycles. The van der Waals surface area contributed by atoms with Crippen molar-refractivity contribution >= 4 is 24.8 Å². The summed E-state index contributed by atoms with van der Waals surface area (Å²) in [5, 5.41) is 13.7. The first-order valence-electron chi connectivity index (χ1n) is 8.43. The minimum absolute atomic E-state index is 0. The van der Waals surface area contributed by atoms with Crippen LogP contribution in [0.1, 0.15) is 22.7 Å². The molecule has 1 aliphatic rings. The van der Waals surface area contributed by atoms with Gasteiger partial charge in [-0.3, -0.25) is 4.90 Å². The fourth-order valence-corrected chi connectivity index (χ4v) is 3.26. The van der Waals surface area contributed by atoms with Gasteiger partial charge in [-0.1, -0.05) is 24.3 Å². The van der Waals surface area contributed by atoms with Gasteiger partial charge >= 0.3 is 6.36 Å². The van der Waals surface area contributed by atoms with Gasteiger partial charge in [0.15, 0.2) is 0 Å². The molecule has 156 valence electrons. The summed E-state index contributed by atoms with van der Waals surface area (Å²) < 4.78 is 41.1. The summed E-state index contributed by atoms with van der Waals surface area (Å²) in [6.45, 7) is 5.08. The van der Waals surface area contributed by atoms with Crippen molar-refractivity contribution in [2.75, 3.05) is 26.2 Å². The van der Waals surface area contributed by atoms with Crippen molar-refractivity contribution in [3.63, 3.8) is 0 Å². The summed E-state index contributed by atoms with van der Waals surface area (Å²) in [5.41, 5.74) is 2.49. The van der Waals surface area contributed by atoms with Crippen LogP contribution in [0.3, 0.4) is 0 Å². The highest BCUT2D eigenvalue weighted by Crippen LogP contribution is 2.36. The SMILES string of the molecule is Cc1ccc([C@@H](c2ccc(OC(F)(F)F)cc2)N2CCNCC2)c(O)c1.Cl.Cl. The van der Waals surface area contributed by atoms with Crippen molar-refractivity contribution in [1.82, 2.24) is 10.2 Å². The molecule has 9 heteroatoms. The van der Waals surface area contributed by atoms with E-state index >= 15 is 0 Å². The summed E-state index contributed by atoms with van der Waals surface area (Å²) in [6, 6.07) is 11.1. The first-order chi connectivity index (χ1) is 12.3. The molecule has 0 aliphatic carbocycles. The zero-order chi connectivity index (χ0) is 18.7. The Kier molecular flexibility index (Phi) is 8.88. The van der Waals surface area contributed by atoms with E-state index in [1.165, 1.54) is 12.1 Å². The number of aryl methyl sites for hydroxylation is 1. The second-order valence-corrected chi connectivity index (χ2v) is 6.37. The van der Waals surface area contributed by atoms with Crippen LogP contribution in [0.25, 0.3) is 0 Å². The molecule has 28 heavy (non-hydrogen) atoms. The van der Waals surface area contributed by atoms with E-state index in [1.807, 2.05) is 19.1 Å². The molecule has 0 saturated carbocycles. The van der Waals surface area contributed by atoms with E-state index < -0.39 is 6.36 Å². The van der Waals surface area contributed by atoms with E-state index in [4.69, 9.17) is 0 Å². The van der Waals surface area contributed by atoms with Crippen LogP contribution in [0.2, 0.25) is 0 Å². The number of hydrogen-bond donors (Lipinski definition) is 2. The molecule has 3 rings (SSSR count). The molecule has 0 radical (unpaired) electrons. The molecule has 1 aliphatic heterocycles. The number of ether oxygens (including phenoxy) is 1. The smallest absolute Gasteiger partial charge is 0.508 e. The van der Waals surface area contributed by atoms with Crippen LogP contribution in [0.4, 0.5) is 13.2 Å². The third-order valence-corrected chi connectivity index (χ3v) is 4.43.